The first-order valence-corrected chi connectivity index (χ1v) is 3.94. The molecule has 0 aliphatic carbocycles. The smallest absolute Gasteiger partial charge is 0.210 e. The van der Waals surface area contributed by atoms with Crippen molar-refractivity contribution in [2.24, 2.45) is 5.73 Å². The molecule has 4 N–H and O–H groups in total. The molecule has 1 aromatic heterocycles. The minimum Gasteiger partial charge on any atom is -0.376 e. The van der Waals surface area contributed by atoms with Gasteiger partial charge in [-0.3, -0.25) is 5.10 Å². The third-order valence-corrected chi connectivity index (χ3v) is 1.77. The Morgan fingerprint density at radius 2 is 2.50 bits per heavy atom. The molecule has 1 heterocycles. The van der Waals surface area contributed by atoms with Crippen molar-refractivity contribution in [1.29, 1.82) is 0 Å². The van der Waals surface area contributed by atoms with Crippen molar-refractivity contribution in [2.75, 3.05) is 5.32 Å². The van der Waals surface area contributed by atoms with E-state index in [1.165, 1.54) is 11.3 Å². The van der Waals surface area contributed by atoms with Crippen LogP contribution >= 0.6 is 35.8 Å². The molecule has 0 saturated carbocycles. The molecule has 0 amide bonds. The van der Waals surface area contributed by atoms with Crippen LogP contribution in [0.5, 0.6) is 0 Å². The maximum atomic E-state index is 5.17. The lowest BCUT2D eigenvalue weighted by Gasteiger charge is -1.93. The second-order valence-corrected chi connectivity index (χ2v) is 3.51. The fraction of sp³-hybridized carbons (Fsp3) is 0. The normalized spacial score (nSPS) is 9.20. The topological polar surface area (TPSA) is 66.7 Å². The molecule has 0 atom stereocenters. The molecule has 0 bridgehead atoms. The van der Waals surface area contributed by atoms with Crippen LogP contribution in [0.2, 0.25) is 0 Å². The number of rotatable bonds is 1. The minimum atomic E-state index is 0.192. The molecule has 1 rings (SSSR count). The number of nitrogens with zero attached hydrogens (tertiary/aromatic N) is 1. The molecule has 54 valence electrons. The summed E-state index contributed by atoms with van der Waals surface area (Å²) in [5.74, 6) is 0. The van der Waals surface area contributed by atoms with Gasteiger partial charge in [-0.05, 0) is 24.4 Å². The number of aromatic amines is 1. The van der Waals surface area contributed by atoms with Gasteiger partial charge in [-0.15, -0.1) is 5.10 Å². The average molecular weight is 192 g/mol. The molecule has 4 nitrogen and oxygen atoms in total. The summed E-state index contributed by atoms with van der Waals surface area (Å²) in [6, 6.07) is 0. The van der Waals surface area contributed by atoms with Gasteiger partial charge in [-0.1, -0.05) is 11.3 Å². The summed E-state index contributed by atoms with van der Waals surface area (Å²) in [7, 11) is 0. The maximum Gasteiger partial charge on any atom is 0.210 e. The number of nitrogens with two attached hydrogens (primary N) is 1. The standard InChI is InChI=1S/C3H4N4S3/c4-1(8)5-2-6-7-3(9)10-2/h(H,7,9)(H3,4,5,6,8). The first-order chi connectivity index (χ1) is 4.68. The van der Waals surface area contributed by atoms with E-state index in [1.807, 2.05) is 0 Å². The number of nitrogens with one attached hydrogen (secondary N) is 2. The molecule has 0 radical (unpaired) electrons. The first kappa shape index (κ1) is 7.58. The highest BCUT2D eigenvalue weighted by molar-refractivity contribution is 7.80. The summed E-state index contributed by atoms with van der Waals surface area (Å²) < 4.78 is 0.596. The van der Waals surface area contributed by atoms with Crippen molar-refractivity contribution in [3.05, 3.63) is 3.95 Å². The predicted octanol–water partition coefficient (Wildman–Crippen LogP) is 0.856. The van der Waals surface area contributed by atoms with Crippen LogP contribution < -0.4 is 11.1 Å². The van der Waals surface area contributed by atoms with E-state index >= 15 is 0 Å². The van der Waals surface area contributed by atoms with Crippen LogP contribution in [-0.4, -0.2) is 15.3 Å². The van der Waals surface area contributed by atoms with Crippen molar-refractivity contribution in [2.45, 2.75) is 0 Å². The van der Waals surface area contributed by atoms with Crippen LogP contribution in [-0.2, 0) is 0 Å². The third-order valence-electron chi connectivity index (χ3n) is 0.668. The lowest BCUT2D eigenvalue weighted by atomic mass is 11.0. The summed E-state index contributed by atoms with van der Waals surface area (Å²) in [6.07, 6.45) is 0. The van der Waals surface area contributed by atoms with Crippen molar-refractivity contribution < 1.29 is 0 Å². The summed E-state index contributed by atoms with van der Waals surface area (Å²) in [5.41, 5.74) is 5.17. The van der Waals surface area contributed by atoms with E-state index in [1.54, 1.807) is 0 Å². The van der Waals surface area contributed by atoms with Crippen LogP contribution in [0.1, 0.15) is 0 Å². The summed E-state index contributed by atoms with van der Waals surface area (Å²) >= 11 is 10.6. The van der Waals surface area contributed by atoms with Gasteiger partial charge in [0.25, 0.3) is 0 Å². The predicted molar refractivity (Wildman–Crippen MR) is 47.7 cm³/mol. The van der Waals surface area contributed by atoms with Gasteiger partial charge >= 0.3 is 0 Å². The first-order valence-electron chi connectivity index (χ1n) is 2.30. The van der Waals surface area contributed by atoms with Crippen LogP contribution in [0.15, 0.2) is 0 Å². The second-order valence-electron chi connectivity index (χ2n) is 1.41. The molecule has 0 spiro atoms. The number of thiocarbonyl (C=S) groups is 1. The maximum absolute atomic E-state index is 5.17. The SMILES string of the molecule is NC(=S)Nc1n[nH]c(=S)s1. The number of H-pyrrole nitrogens is 1. The molecule has 0 saturated heterocycles. The van der Waals surface area contributed by atoms with Crippen molar-refractivity contribution in [3.63, 3.8) is 0 Å². The number of hydrogen-bond acceptors (Lipinski definition) is 4. The van der Waals surface area contributed by atoms with Gasteiger partial charge < -0.3 is 11.1 Å². The van der Waals surface area contributed by atoms with Crippen LogP contribution in [0.3, 0.4) is 0 Å². The van der Waals surface area contributed by atoms with Gasteiger partial charge in [0, 0.05) is 0 Å². The number of aromatic nitrogens is 2. The number of anilines is 1. The van der Waals surface area contributed by atoms with E-state index < -0.39 is 0 Å². The molecule has 0 aliphatic rings. The van der Waals surface area contributed by atoms with Gasteiger partial charge in [0.05, 0.1) is 0 Å². The van der Waals surface area contributed by atoms with Crippen molar-refractivity contribution >= 4 is 46.0 Å². The minimum absolute atomic E-state index is 0.192. The zero-order valence-corrected chi connectivity index (χ0v) is 7.20. The molecule has 7 heteroatoms. The summed E-state index contributed by atoms with van der Waals surface area (Å²) in [5, 5.41) is 9.78. The Bertz CT molecular complexity index is 286. The average Bonchev–Trinajstić information content (AvgIpc) is 2.13. The number of hydrogen-bond donors (Lipinski definition) is 3. The highest BCUT2D eigenvalue weighted by Crippen LogP contribution is 2.09. The molecule has 10 heavy (non-hydrogen) atoms. The largest absolute Gasteiger partial charge is 0.376 e. The Kier molecular flexibility index (Phi) is 2.30. The third kappa shape index (κ3) is 2.01. The van der Waals surface area contributed by atoms with E-state index in [2.05, 4.69) is 27.7 Å². The highest BCUT2D eigenvalue weighted by Gasteiger charge is 1.95. The molecule has 0 aromatic carbocycles. The van der Waals surface area contributed by atoms with Crippen LogP contribution in [0.25, 0.3) is 0 Å². The Hall–Kier alpha value is -0.530. The molecular weight excluding hydrogens is 188 g/mol. The summed E-state index contributed by atoms with van der Waals surface area (Å²) in [4.78, 5) is 0. The van der Waals surface area contributed by atoms with E-state index in [9.17, 15) is 0 Å². The zero-order valence-electron chi connectivity index (χ0n) is 4.75. The van der Waals surface area contributed by atoms with Gasteiger partial charge in [0.15, 0.2) is 9.07 Å². The Morgan fingerprint density at radius 3 is 2.90 bits per heavy atom. The lowest BCUT2D eigenvalue weighted by molar-refractivity contribution is 1.08. The monoisotopic (exact) mass is 192 g/mol. The molecule has 0 aliphatic heterocycles. The molecule has 0 fully saturated rings. The fourth-order valence-electron chi connectivity index (χ4n) is 0.389. The molecule has 1 aromatic rings. The van der Waals surface area contributed by atoms with Gasteiger partial charge in [0.1, 0.15) is 0 Å². The lowest BCUT2D eigenvalue weighted by Crippen LogP contribution is -2.18. The Labute approximate surface area is 71.5 Å². The molecule has 0 unspecified atom stereocenters. The van der Waals surface area contributed by atoms with Gasteiger partial charge in [-0.2, -0.15) is 0 Å². The van der Waals surface area contributed by atoms with Gasteiger partial charge in [-0.25, -0.2) is 0 Å². The van der Waals surface area contributed by atoms with Crippen molar-refractivity contribution in [3.8, 4) is 0 Å². The second kappa shape index (κ2) is 3.04. The Balaban J connectivity index is 2.76. The fourth-order valence-corrected chi connectivity index (χ4v) is 1.35. The summed E-state index contributed by atoms with van der Waals surface area (Å²) in [6.45, 7) is 0. The highest BCUT2D eigenvalue weighted by atomic mass is 32.1. The van der Waals surface area contributed by atoms with Gasteiger partial charge in [0.2, 0.25) is 5.13 Å². The zero-order chi connectivity index (χ0) is 7.56. The van der Waals surface area contributed by atoms with E-state index in [0.717, 1.165) is 0 Å². The van der Waals surface area contributed by atoms with Crippen LogP contribution in [0, 0.1) is 3.95 Å². The quantitative estimate of drug-likeness (QED) is 0.576. The Morgan fingerprint density at radius 1 is 1.80 bits per heavy atom. The van der Waals surface area contributed by atoms with Crippen molar-refractivity contribution in [1.82, 2.24) is 10.2 Å². The van der Waals surface area contributed by atoms with E-state index in [-0.39, 0.29) is 5.11 Å². The molecular formula is C3H4N4S3. The van der Waals surface area contributed by atoms with E-state index in [4.69, 9.17) is 18.0 Å². The van der Waals surface area contributed by atoms with E-state index in [0.29, 0.717) is 9.09 Å². The van der Waals surface area contributed by atoms with Crippen LogP contribution in [0.4, 0.5) is 5.13 Å².